The third kappa shape index (κ3) is 4.55. The molecule has 0 heteroatoms. The van der Waals surface area contributed by atoms with Crippen molar-refractivity contribution in [2.45, 2.75) is 38.5 Å². The van der Waals surface area contributed by atoms with Crippen LogP contribution < -0.4 is 0 Å². The van der Waals surface area contributed by atoms with Gasteiger partial charge in [-0.3, -0.25) is 0 Å². The van der Waals surface area contributed by atoms with Crippen molar-refractivity contribution in [2.75, 3.05) is 0 Å². The van der Waals surface area contributed by atoms with E-state index in [9.17, 15) is 0 Å². The van der Waals surface area contributed by atoms with E-state index in [0.717, 1.165) is 5.92 Å². The van der Waals surface area contributed by atoms with Crippen LogP contribution in [0.4, 0.5) is 0 Å². The number of rotatable bonds is 5. The highest BCUT2D eigenvalue weighted by Crippen LogP contribution is 2.27. The maximum absolute atomic E-state index is 3.81. The van der Waals surface area contributed by atoms with E-state index in [-0.39, 0.29) is 0 Å². The first kappa shape index (κ1) is 13.9. The van der Waals surface area contributed by atoms with Crippen LogP contribution in [0.3, 0.4) is 0 Å². The molecule has 0 aliphatic heterocycles. The highest BCUT2D eigenvalue weighted by atomic mass is 14.2. The summed E-state index contributed by atoms with van der Waals surface area (Å²) in [5.41, 5.74) is 2.52. The van der Waals surface area contributed by atoms with E-state index in [2.05, 4.69) is 55.1 Å². The van der Waals surface area contributed by atoms with Crippen LogP contribution in [0.15, 0.2) is 61.2 Å². The first-order valence-corrected chi connectivity index (χ1v) is 7.45. The smallest absolute Gasteiger partial charge is 0.0184 e. The van der Waals surface area contributed by atoms with Gasteiger partial charge in [-0.2, -0.15) is 0 Å². The minimum Gasteiger partial charge on any atom is -0.0990 e. The van der Waals surface area contributed by atoms with Crippen molar-refractivity contribution >= 4 is 5.57 Å². The van der Waals surface area contributed by atoms with E-state index in [1.807, 2.05) is 6.08 Å². The van der Waals surface area contributed by atoms with Gasteiger partial charge in [-0.1, -0.05) is 93.3 Å². The lowest BCUT2D eigenvalue weighted by molar-refractivity contribution is 0.361. The number of hydrogen-bond acceptors (Lipinski definition) is 0. The molecular weight excluding hydrogens is 228 g/mol. The molecule has 0 unspecified atom stereocenters. The predicted molar refractivity (Wildman–Crippen MR) is 84.9 cm³/mol. The molecule has 2 rings (SSSR count). The first-order valence-electron chi connectivity index (χ1n) is 7.45. The molecule has 19 heavy (non-hydrogen) atoms. The van der Waals surface area contributed by atoms with Crippen molar-refractivity contribution in [3.05, 3.63) is 66.8 Å². The largest absolute Gasteiger partial charge is 0.0990 e. The summed E-state index contributed by atoms with van der Waals surface area (Å²) in [6.07, 6.45) is 16.9. The summed E-state index contributed by atoms with van der Waals surface area (Å²) in [5, 5.41) is 0. The summed E-state index contributed by atoms with van der Waals surface area (Å²) in [6.45, 7) is 3.81. The standard InChI is InChI=1S/C19H24/c1-2-10-18(19-14-7-4-8-15-19)16-9-13-17-11-5-3-6-12-17/h2,4,7-10,14-17H,1,3,5-6,11-13H2/b16-9-,18-10+. The van der Waals surface area contributed by atoms with E-state index in [0.29, 0.717) is 0 Å². The molecule has 0 bridgehead atoms. The molecule has 1 aromatic rings. The van der Waals surface area contributed by atoms with Gasteiger partial charge in [0.25, 0.3) is 0 Å². The normalized spacial score (nSPS) is 17.8. The van der Waals surface area contributed by atoms with Gasteiger partial charge in [0.2, 0.25) is 0 Å². The monoisotopic (exact) mass is 252 g/mol. The molecule has 0 radical (unpaired) electrons. The van der Waals surface area contributed by atoms with Gasteiger partial charge < -0.3 is 0 Å². The molecule has 0 nitrogen and oxygen atoms in total. The van der Waals surface area contributed by atoms with Crippen molar-refractivity contribution in [3.8, 4) is 0 Å². The third-order valence-corrected chi connectivity index (χ3v) is 3.90. The Labute approximate surface area is 117 Å². The SMILES string of the molecule is C=C/C=C(\C=C/CC1CCCCC1)c1ccccc1. The van der Waals surface area contributed by atoms with Crippen LogP contribution in [0.1, 0.15) is 44.1 Å². The Kier molecular flexibility index (Phi) is 5.68. The van der Waals surface area contributed by atoms with E-state index in [1.54, 1.807) is 0 Å². The molecule has 1 aliphatic carbocycles. The summed E-state index contributed by atoms with van der Waals surface area (Å²) in [6, 6.07) is 10.5. The fourth-order valence-corrected chi connectivity index (χ4v) is 2.82. The molecule has 0 N–H and O–H groups in total. The summed E-state index contributed by atoms with van der Waals surface area (Å²) in [7, 11) is 0. The molecule has 1 aliphatic rings. The Morgan fingerprint density at radius 1 is 1.11 bits per heavy atom. The Morgan fingerprint density at radius 3 is 2.53 bits per heavy atom. The zero-order chi connectivity index (χ0) is 13.3. The minimum atomic E-state index is 0.908. The molecule has 0 aromatic heterocycles. The van der Waals surface area contributed by atoms with Gasteiger partial charge in [-0.15, -0.1) is 0 Å². The molecule has 1 saturated carbocycles. The number of benzene rings is 1. The average molecular weight is 252 g/mol. The van der Waals surface area contributed by atoms with Gasteiger partial charge in [-0.25, -0.2) is 0 Å². The molecule has 0 saturated heterocycles. The Hall–Kier alpha value is -1.56. The summed E-state index contributed by atoms with van der Waals surface area (Å²) in [5.74, 6) is 0.908. The summed E-state index contributed by atoms with van der Waals surface area (Å²) in [4.78, 5) is 0. The van der Waals surface area contributed by atoms with Crippen LogP contribution in [0, 0.1) is 5.92 Å². The Balaban J connectivity index is 1.97. The second-order valence-electron chi connectivity index (χ2n) is 5.37. The highest BCUT2D eigenvalue weighted by Gasteiger charge is 2.11. The quantitative estimate of drug-likeness (QED) is 0.582. The number of allylic oxidation sites excluding steroid dienone is 5. The van der Waals surface area contributed by atoms with Gasteiger partial charge in [0.15, 0.2) is 0 Å². The molecule has 1 aromatic carbocycles. The van der Waals surface area contributed by atoms with Gasteiger partial charge in [0.1, 0.15) is 0 Å². The van der Waals surface area contributed by atoms with Gasteiger partial charge in [0.05, 0.1) is 0 Å². The van der Waals surface area contributed by atoms with Crippen molar-refractivity contribution in [1.82, 2.24) is 0 Å². The third-order valence-electron chi connectivity index (χ3n) is 3.90. The molecule has 0 atom stereocenters. The fourth-order valence-electron chi connectivity index (χ4n) is 2.82. The minimum absolute atomic E-state index is 0.908. The van der Waals surface area contributed by atoms with Crippen molar-refractivity contribution in [1.29, 1.82) is 0 Å². The Morgan fingerprint density at radius 2 is 1.84 bits per heavy atom. The second kappa shape index (κ2) is 7.78. The molecule has 1 fully saturated rings. The van der Waals surface area contributed by atoms with Gasteiger partial charge in [0, 0.05) is 0 Å². The van der Waals surface area contributed by atoms with E-state index in [1.165, 1.54) is 49.7 Å². The molecular formula is C19H24. The fraction of sp³-hybridized carbons (Fsp3) is 0.368. The molecule has 0 amide bonds. The first-order chi connectivity index (χ1) is 9.40. The van der Waals surface area contributed by atoms with Crippen LogP contribution in [0.5, 0.6) is 0 Å². The summed E-state index contributed by atoms with van der Waals surface area (Å²) < 4.78 is 0. The lowest BCUT2D eigenvalue weighted by atomic mass is 9.87. The zero-order valence-electron chi connectivity index (χ0n) is 11.7. The van der Waals surface area contributed by atoms with Crippen molar-refractivity contribution < 1.29 is 0 Å². The van der Waals surface area contributed by atoms with Crippen LogP contribution in [-0.2, 0) is 0 Å². The van der Waals surface area contributed by atoms with Crippen molar-refractivity contribution in [3.63, 3.8) is 0 Å². The molecule has 0 heterocycles. The average Bonchev–Trinajstić information content (AvgIpc) is 2.48. The highest BCUT2D eigenvalue weighted by molar-refractivity contribution is 5.74. The lowest BCUT2D eigenvalue weighted by Crippen LogP contribution is -2.04. The van der Waals surface area contributed by atoms with Crippen molar-refractivity contribution in [2.24, 2.45) is 5.92 Å². The van der Waals surface area contributed by atoms with Gasteiger partial charge in [-0.05, 0) is 23.5 Å². The second-order valence-corrected chi connectivity index (χ2v) is 5.37. The Bertz CT molecular complexity index is 430. The van der Waals surface area contributed by atoms with Crippen LogP contribution in [0.2, 0.25) is 0 Å². The molecule has 100 valence electrons. The molecule has 0 spiro atoms. The number of hydrogen-bond donors (Lipinski definition) is 0. The lowest BCUT2D eigenvalue weighted by Gasteiger charge is -2.19. The van der Waals surface area contributed by atoms with Crippen LogP contribution in [0.25, 0.3) is 5.57 Å². The zero-order valence-corrected chi connectivity index (χ0v) is 11.7. The van der Waals surface area contributed by atoms with E-state index in [4.69, 9.17) is 0 Å². The predicted octanol–water partition coefficient (Wildman–Crippen LogP) is 5.78. The summed E-state index contributed by atoms with van der Waals surface area (Å²) >= 11 is 0. The van der Waals surface area contributed by atoms with Crippen LogP contribution >= 0.6 is 0 Å². The van der Waals surface area contributed by atoms with E-state index < -0.39 is 0 Å². The van der Waals surface area contributed by atoms with E-state index >= 15 is 0 Å². The van der Waals surface area contributed by atoms with Crippen LogP contribution in [-0.4, -0.2) is 0 Å². The van der Waals surface area contributed by atoms with Gasteiger partial charge >= 0.3 is 0 Å². The maximum atomic E-state index is 3.81. The topological polar surface area (TPSA) is 0 Å². The maximum Gasteiger partial charge on any atom is -0.0184 e.